The molecule has 102 valence electrons. The van der Waals surface area contributed by atoms with E-state index in [0.29, 0.717) is 25.6 Å². The molecule has 7 nitrogen and oxygen atoms in total. The number of rotatable bonds is 9. The summed E-state index contributed by atoms with van der Waals surface area (Å²) in [4.78, 5) is 10.6. The molecule has 0 atom stereocenters. The van der Waals surface area contributed by atoms with Gasteiger partial charge in [-0.3, -0.25) is 9.88 Å². The summed E-state index contributed by atoms with van der Waals surface area (Å²) in [6.07, 6.45) is 3.32. The second-order valence-electron chi connectivity index (χ2n) is 3.80. The highest BCUT2D eigenvalue weighted by Crippen LogP contribution is 2.03. The number of anilines is 1. The van der Waals surface area contributed by atoms with Gasteiger partial charge in [0.2, 0.25) is 0 Å². The van der Waals surface area contributed by atoms with Crippen molar-refractivity contribution in [1.82, 2.24) is 14.9 Å². The monoisotopic (exact) mass is 255 g/mol. The Morgan fingerprint density at radius 3 is 2.28 bits per heavy atom. The molecule has 0 fully saturated rings. The largest absolute Gasteiger partial charge is 0.383 e. The van der Waals surface area contributed by atoms with Crippen LogP contribution < -0.4 is 11.3 Å². The number of nitrogen functional groups attached to an aromatic ring is 1. The minimum Gasteiger partial charge on any atom is -0.383 e. The molecule has 0 saturated carbocycles. The second kappa shape index (κ2) is 8.76. The van der Waals surface area contributed by atoms with E-state index in [1.54, 1.807) is 26.6 Å². The molecule has 0 aliphatic carbocycles. The molecular formula is C11H21N5O2. The molecule has 3 N–H and O–H groups in total. The second-order valence-corrected chi connectivity index (χ2v) is 3.80. The molecule has 0 radical (unpaired) electrons. The zero-order valence-corrected chi connectivity index (χ0v) is 10.9. The van der Waals surface area contributed by atoms with E-state index in [-0.39, 0.29) is 0 Å². The van der Waals surface area contributed by atoms with Crippen LogP contribution >= 0.6 is 0 Å². The molecule has 0 amide bonds. The van der Waals surface area contributed by atoms with Gasteiger partial charge in [-0.05, 0) is 0 Å². The first-order valence-corrected chi connectivity index (χ1v) is 5.78. The van der Waals surface area contributed by atoms with Gasteiger partial charge in [0, 0.05) is 33.9 Å². The van der Waals surface area contributed by atoms with Crippen molar-refractivity contribution < 1.29 is 9.47 Å². The Morgan fingerprint density at radius 2 is 1.83 bits per heavy atom. The van der Waals surface area contributed by atoms with Crippen molar-refractivity contribution in [2.24, 2.45) is 5.84 Å². The molecule has 1 heterocycles. The lowest BCUT2D eigenvalue weighted by Gasteiger charge is -2.20. The highest BCUT2D eigenvalue weighted by Gasteiger charge is 2.07. The molecule has 1 aromatic heterocycles. The lowest BCUT2D eigenvalue weighted by Crippen LogP contribution is -2.30. The average molecular weight is 255 g/mol. The van der Waals surface area contributed by atoms with Crippen LogP contribution in [0.25, 0.3) is 0 Å². The van der Waals surface area contributed by atoms with Gasteiger partial charge in [-0.1, -0.05) is 0 Å². The Morgan fingerprint density at radius 1 is 1.17 bits per heavy atom. The highest BCUT2D eigenvalue weighted by atomic mass is 16.5. The van der Waals surface area contributed by atoms with Crippen LogP contribution in [0.1, 0.15) is 5.69 Å². The molecule has 1 rings (SSSR count). The van der Waals surface area contributed by atoms with E-state index in [1.807, 2.05) is 0 Å². The maximum atomic E-state index is 5.24. The fourth-order valence-corrected chi connectivity index (χ4v) is 1.45. The number of methoxy groups -OCH3 is 2. The summed E-state index contributed by atoms with van der Waals surface area (Å²) < 4.78 is 10.2. The Labute approximate surface area is 107 Å². The number of hydrazine groups is 1. The zero-order chi connectivity index (χ0) is 13.2. The van der Waals surface area contributed by atoms with Crippen LogP contribution in [0.2, 0.25) is 0 Å². The van der Waals surface area contributed by atoms with Crippen molar-refractivity contribution in [3.63, 3.8) is 0 Å². The minimum atomic E-state index is 0.555. The van der Waals surface area contributed by atoms with Gasteiger partial charge in [0.15, 0.2) is 5.82 Å². The van der Waals surface area contributed by atoms with Crippen LogP contribution in [-0.2, 0) is 16.0 Å². The van der Waals surface area contributed by atoms with Crippen LogP contribution in [0.15, 0.2) is 12.4 Å². The smallest absolute Gasteiger partial charge is 0.158 e. The molecule has 1 aromatic rings. The van der Waals surface area contributed by atoms with E-state index in [4.69, 9.17) is 15.3 Å². The van der Waals surface area contributed by atoms with Gasteiger partial charge in [-0.2, -0.15) is 0 Å². The maximum absolute atomic E-state index is 5.24. The van der Waals surface area contributed by atoms with Gasteiger partial charge < -0.3 is 14.9 Å². The third-order valence-corrected chi connectivity index (χ3v) is 2.46. The molecule has 0 unspecified atom stereocenters. The van der Waals surface area contributed by atoms with Gasteiger partial charge >= 0.3 is 0 Å². The first-order valence-electron chi connectivity index (χ1n) is 5.78. The van der Waals surface area contributed by atoms with E-state index in [9.17, 15) is 0 Å². The highest BCUT2D eigenvalue weighted by molar-refractivity contribution is 5.28. The first-order chi connectivity index (χ1) is 8.80. The van der Waals surface area contributed by atoms with Crippen molar-refractivity contribution in [3.8, 4) is 0 Å². The van der Waals surface area contributed by atoms with Crippen molar-refractivity contribution in [2.45, 2.75) is 6.54 Å². The predicted molar refractivity (Wildman–Crippen MR) is 68.9 cm³/mol. The van der Waals surface area contributed by atoms with E-state index in [2.05, 4.69) is 20.3 Å². The number of nitrogens with one attached hydrogen (secondary N) is 1. The summed E-state index contributed by atoms with van der Waals surface area (Å²) in [5.74, 6) is 5.79. The summed E-state index contributed by atoms with van der Waals surface area (Å²) in [6.45, 7) is 3.74. The number of nitrogens with zero attached hydrogens (tertiary/aromatic N) is 3. The molecule has 0 aliphatic heterocycles. The molecule has 7 heteroatoms. The van der Waals surface area contributed by atoms with Gasteiger partial charge in [0.1, 0.15) is 0 Å². The van der Waals surface area contributed by atoms with E-state index in [1.165, 1.54) is 0 Å². The summed E-state index contributed by atoms with van der Waals surface area (Å²) in [7, 11) is 3.38. The van der Waals surface area contributed by atoms with Gasteiger partial charge in [-0.25, -0.2) is 10.8 Å². The van der Waals surface area contributed by atoms with Crippen LogP contribution in [0, 0.1) is 0 Å². The van der Waals surface area contributed by atoms with Crippen LogP contribution in [0.4, 0.5) is 5.82 Å². The number of hydrogen-bond donors (Lipinski definition) is 2. The maximum Gasteiger partial charge on any atom is 0.158 e. The number of nitrogens with two attached hydrogens (primary N) is 1. The third-order valence-electron chi connectivity index (χ3n) is 2.46. The topological polar surface area (TPSA) is 85.5 Å². The predicted octanol–water partition coefficient (Wildman–Crippen LogP) is -0.143. The summed E-state index contributed by atoms with van der Waals surface area (Å²) in [6, 6.07) is 0. The zero-order valence-electron chi connectivity index (χ0n) is 10.9. The SMILES string of the molecule is COCCN(CCOC)Cc1cnc(NN)cn1. The Kier molecular flexibility index (Phi) is 7.19. The number of hydrogen-bond acceptors (Lipinski definition) is 7. The molecular weight excluding hydrogens is 234 g/mol. The number of aromatic nitrogens is 2. The van der Waals surface area contributed by atoms with E-state index in [0.717, 1.165) is 18.8 Å². The van der Waals surface area contributed by atoms with Crippen LogP contribution in [0.3, 0.4) is 0 Å². The quantitative estimate of drug-likeness (QED) is 0.469. The normalized spacial score (nSPS) is 10.9. The van der Waals surface area contributed by atoms with E-state index < -0.39 is 0 Å². The van der Waals surface area contributed by atoms with Gasteiger partial charge in [0.05, 0.1) is 31.3 Å². The van der Waals surface area contributed by atoms with Gasteiger partial charge in [0.25, 0.3) is 0 Å². The molecule has 0 aliphatic rings. The molecule has 0 saturated heterocycles. The molecule has 18 heavy (non-hydrogen) atoms. The minimum absolute atomic E-state index is 0.555. The van der Waals surface area contributed by atoms with Crippen LogP contribution in [0.5, 0.6) is 0 Å². The van der Waals surface area contributed by atoms with Crippen LogP contribution in [-0.4, -0.2) is 55.4 Å². The molecule has 0 spiro atoms. The first kappa shape index (κ1) is 14.8. The fraction of sp³-hybridized carbons (Fsp3) is 0.636. The Bertz CT molecular complexity index is 312. The summed E-state index contributed by atoms with van der Waals surface area (Å²) >= 11 is 0. The lowest BCUT2D eigenvalue weighted by atomic mass is 10.3. The lowest BCUT2D eigenvalue weighted by molar-refractivity contribution is 0.109. The summed E-state index contributed by atoms with van der Waals surface area (Å²) in [5, 5.41) is 0. The summed E-state index contributed by atoms with van der Waals surface area (Å²) in [5.41, 5.74) is 3.34. The Hall–Kier alpha value is -1.28. The fourth-order valence-electron chi connectivity index (χ4n) is 1.45. The van der Waals surface area contributed by atoms with Crippen molar-refractivity contribution >= 4 is 5.82 Å². The van der Waals surface area contributed by atoms with Crippen molar-refractivity contribution in [2.75, 3.05) is 45.9 Å². The van der Waals surface area contributed by atoms with Crippen molar-refractivity contribution in [1.29, 1.82) is 0 Å². The Balaban J connectivity index is 2.51. The van der Waals surface area contributed by atoms with E-state index >= 15 is 0 Å². The molecule has 0 aromatic carbocycles. The number of ether oxygens (including phenoxy) is 2. The standard InChI is InChI=1S/C11H21N5O2/c1-17-5-3-16(4-6-18-2)9-10-7-14-11(15-12)8-13-10/h7-8H,3-6,9,12H2,1-2H3,(H,14,15). The molecule has 0 bridgehead atoms. The average Bonchev–Trinajstić information content (AvgIpc) is 2.42. The van der Waals surface area contributed by atoms with Gasteiger partial charge in [-0.15, -0.1) is 0 Å². The van der Waals surface area contributed by atoms with Crippen molar-refractivity contribution in [3.05, 3.63) is 18.1 Å². The third kappa shape index (κ3) is 5.37.